The van der Waals surface area contributed by atoms with E-state index in [1.165, 1.54) is 0 Å². The Morgan fingerprint density at radius 3 is 0.875 bits per heavy atom. The molecule has 0 aromatic carbocycles. The van der Waals surface area contributed by atoms with Crippen LogP contribution in [0, 0.1) is 7.05 Å². The summed E-state index contributed by atoms with van der Waals surface area (Å²) in [6, 6.07) is 0. The van der Waals surface area contributed by atoms with Crippen LogP contribution in [0.2, 0.25) is 0 Å². The average molecular weight is 272 g/mol. The Morgan fingerprint density at radius 2 is 0.875 bits per heavy atom. The average Bonchev–Trinajstić information content (AvgIpc) is 2.20. The van der Waals surface area contributed by atoms with Gasteiger partial charge in [0.15, 0.2) is 0 Å². The Labute approximate surface area is 117 Å². The second-order valence-corrected chi connectivity index (χ2v) is 2.25. The van der Waals surface area contributed by atoms with Crippen molar-refractivity contribution in [3.05, 3.63) is 7.05 Å². The number of aliphatic hydroxyl groups is 3. The summed E-state index contributed by atoms with van der Waals surface area (Å²) in [6.45, 7) is 12.1. The van der Waals surface area contributed by atoms with Gasteiger partial charge in [-0.1, -0.05) is 13.8 Å². The molecule has 0 aliphatic rings. The van der Waals surface area contributed by atoms with Gasteiger partial charge in [-0.05, 0) is 33.9 Å². The van der Waals surface area contributed by atoms with Gasteiger partial charge < -0.3 is 20.2 Å². The van der Waals surface area contributed by atoms with Crippen LogP contribution in [0.3, 0.4) is 0 Å². The molecule has 0 fully saturated rings. The Morgan fingerprint density at radius 1 is 0.750 bits per heavy atom. The number of nitrogens with zero attached hydrogens (tertiary/aromatic N) is 1. The molecule has 0 saturated heterocycles. The smallest absolute Gasteiger partial charge is 0.0402 e. The third-order valence-corrected chi connectivity index (χ3v) is 0.894. The van der Waals surface area contributed by atoms with Crippen molar-refractivity contribution in [1.29, 1.82) is 0 Å². The minimum Gasteiger partial charge on any atom is -0.460 e. The molecule has 3 N–H and O–H groups in total. The van der Waals surface area contributed by atoms with Crippen LogP contribution in [-0.2, 0) is 21.7 Å². The predicted octanol–water partition coefficient (Wildman–Crippen LogP) is 1.11. The molecule has 0 heterocycles. The fraction of sp³-hybridized carbons (Fsp3) is 0.909. The van der Waals surface area contributed by atoms with Crippen LogP contribution in [0.5, 0.6) is 0 Å². The van der Waals surface area contributed by atoms with Gasteiger partial charge in [-0.2, -0.15) is 0 Å². The summed E-state index contributed by atoms with van der Waals surface area (Å²) >= 11 is 0. The Kier molecular flexibility index (Phi) is 84.4. The zero-order valence-corrected chi connectivity index (χ0v) is 13.1. The zero-order chi connectivity index (χ0) is 13.1. The molecule has 0 spiro atoms. The van der Waals surface area contributed by atoms with Gasteiger partial charge in [0.05, 0.1) is 0 Å². The third kappa shape index (κ3) is 129. The maximum atomic E-state index is 7.57. The predicted molar refractivity (Wildman–Crippen MR) is 66.6 cm³/mol. The van der Waals surface area contributed by atoms with E-state index in [-0.39, 0.29) is 41.5 Å². The summed E-state index contributed by atoms with van der Waals surface area (Å²) in [5.41, 5.74) is 0. The number of hydrogen-bond acceptors (Lipinski definition) is 4. The van der Waals surface area contributed by atoms with Crippen molar-refractivity contribution >= 4 is 0 Å². The Balaban J connectivity index is -0.0000000353. The zero-order valence-electron chi connectivity index (χ0n) is 11.5. The molecule has 0 saturated carbocycles. The summed E-state index contributed by atoms with van der Waals surface area (Å²) < 4.78 is 0. The number of hydrogen-bond donors (Lipinski definition) is 3. The van der Waals surface area contributed by atoms with Gasteiger partial charge in [-0.15, -0.1) is 0 Å². The molecule has 0 radical (unpaired) electrons. The molecule has 4 nitrogen and oxygen atoms in total. The van der Waals surface area contributed by atoms with Crippen molar-refractivity contribution in [2.75, 3.05) is 32.9 Å². The second-order valence-electron chi connectivity index (χ2n) is 2.25. The number of rotatable bonds is 2. The molecule has 0 unspecified atom stereocenters. The van der Waals surface area contributed by atoms with Crippen molar-refractivity contribution in [3.63, 3.8) is 0 Å². The minimum atomic E-state index is 0. The molecule has 0 aromatic heterocycles. The van der Waals surface area contributed by atoms with E-state index in [2.05, 4.69) is 20.9 Å². The van der Waals surface area contributed by atoms with Crippen LogP contribution in [0.15, 0.2) is 0 Å². The molecule has 0 amide bonds. The van der Waals surface area contributed by atoms with Crippen molar-refractivity contribution in [2.24, 2.45) is 0 Å². The van der Waals surface area contributed by atoms with E-state index in [9.17, 15) is 0 Å². The van der Waals surface area contributed by atoms with E-state index >= 15 is 0 Å². The molecule has 0 atom stereocenters. The summed E-state index contributed by atoms with van der Waals surface area (Å²) in [6.07, 6.45) is 0. The van der Waals surface area contributed by atoms with Crippen molar-refractivity contribution < 1.29 is 37.0 Å². The fourth-order valence-corrected chi connectivity index (χ4v) is 0.224. The third-order valence-electron chi connectivity index (χ3n) is 0.894. The molecule has 16 heavy (non-hydrogen) atoms. The topological polar surface area (TPSA) is 63.9 Å². The van der Waals surface area contributed by atoms with Gasteiger partial charge in [0.2, 0.25) is 0 Å². The van der Waals surface area contributed by atoms with Gasteiger partial charge in [-0.3, -0.25) is 7.05 Å². The van der Waals surface area contributed by atoms with Crippen LogP contribution in [0.1, 0.15) is 34.6 Å². The van der Waals surface area contributed by atoms with E-state index in [4.69, 9.17) is 15.3 Å². The van der Waals surface area contributed by atoms with Crippen molar-refractivity contribution in [1.82, 2.24) is 4.90 Å². The molecular formula is C11H30NO3Ti-. The molecule has 0 aliphatic carbocycles. The Hall–Kier alpha value is 0.554. The van der Waals surface area contributed by atoms with Gasteiger partial charge in [0, 0.05) is 41.5 Å². The molecule has 102 valence electrons. The minimum absolute atomic E-state index is 0. The first kappa shape index (κ1) is 30.0. The van der Waals surface area contributed by atoms with Crippen molar-refractivity contribution in [2.45, 2.75) is 34.6 Å². The molecule has 5 heteroatoms. The summed E-state index contributed by atoms with van der Waals surface area (Å²) in [5.74, 6) is 0. The van der Waals surface area contributed by atoms with Crippen LogP contribution in [-0.4, -0.2) is 53.1 Å². The first-order valence-electron chi connectivity index (χ1n) is 5.43. The maximum Gasteiger partial charge on any atom is 0.0402 e. The number of aliphatic hydroxyl groups excluding tert-OH is 3. The van der Waals surface area contributed by atoms with E-state index in [0.717, 1.165) is 13.1 Å². The second kappa shape index (κ2) is 45.0. The molecule has 0 rings (SSSR count). The summed E-state index contributed by atoms with van der Waals surface area (Å²) in [7, 11) is 3.71. The van der Waals surface area contributed by atoms with Gasteiger partial charge in [0.1, 0.15) is 0 Å². The normalized spacial score (nSPS) is 7.12. The molecule has 0 aromatic rings. The standard InChI is InChI=1S/C5H12N.3C2H6O.Ti/c1-4-6(3)5-2;3*1-2-3;/h3-5H2,1-2H3;3*3H,2H2,1H3;/q-1;;;;. The maximum absolute atomic E-state index is 7.57. The summed E-state index contributed by atoms with van der Waals surface area (Å²) in [5, 5.41) is 22.7. The van der Waals surface area contributed by atoms with Crippen molar-refractivity contribution in [3.8, 4) is 0 Å². The quantitative estimate of drug-likeness (QED) is 0.520. The van der Waals surface area contributed by atoms with E-state index in [1.807, 2.05) is 4.90 Å². The van der Waals surface area contributed by atoms with Crippen LogP contribution in [0.4, 0.5) is 0 Å². The summed E-state index contributed by atoms with van der Waals surface area (Å²) in [4.78, 5) is 2.00. The van der Waals surface area contributed by atoms with Gasteiger partial charge in [0.25, 0.3) is 0 Å². The van der Waals surface area contributed by atoms with Crippen LogP contribution >= 0.6 is 0 Å². The van der Waals surface area contributed by atoms with Gasteiger partial charge >= 0.3 is 0 Å². The molecular weight excluding hydrogens is 242 g/mol. The Bertz CT molecular complexity index is 60.4. The van der Waals surface area contributed by atoms with E-state index in [1.54, 1.807) is 20.8 Å². The largest absolute Gasteiger partial charge is 0.460 e. The van der Waals surface area contributed by atoms with Crippen LogP contribution < -0.4 is 0 Å². The van der Waals surface area contributed by atoms with E-state index in [0.29, 0.717) is 0 Å². The van der Waals surface area contributed by atoms with E-state index < -0.39 is 0 Å². The fourth-order valence-electron chi connectivity index (χ4n) is 0.224. The monoisotopic (exact) mass is 272 g/mol. The molecule has 0 bridgehead atoms. The van der Waals surface area contributed by atoms with Gasteiger partial charge in [-0.25, -0.2) is 0 Å². The SMILES string of the molecule is CCO.CCO.CCO.[CH2-]N(CC)CC.[Ti]. The first-order valence-corrected chi connectivity index (χ1v) is 5.43. The molecule has 0 aliphatic heterocycles. The first-order chi connectivity index (χ1) is 7.05. The van der Waals surface area contributed by atoms with Crippen LogP contribution in [0.25, 0.3) is 0 Å².